The molecule has 1 amide bonds. The molecule has 32 heavy (non-hydrogen) atoms. The molecule has 5 rings (SSSR count). The molecule has 0 spiro atoms. The van der Waals surface area contributed by atoms with Gasteiger partial charge < -0.3 is 10.0 Å². The number of phenols is 1. The van der Waals surface area contributed by atoms with Crippen molar-refractivity contribution in [3.8, 4) is 17.0 Å². The lowest BCUT2D eigenvalue weighted by molar-refractivity contribution is 0.0730. The number of aromatic amines is 1. The summed E-state index contributed by atoms with van der Waals surface area (Å²) in [5, 5.41) is 18.8. The van der Waals surface area contributed by atoms with Gasteiger partial charge in [0, 0.05) is 35.1 Å². The molecule has 2 aromatic carbocycles. The fraction of sp³-hybridized carbons (Fsp3) is 0.160. The molecule has 0 fully saturated rings. The number of H-pyrrole nitrogens is 1. The van der Waals surface area contributed by atoms with Crippen molar-refractivity contribution in [1.82, 2.24) is 20.1 Å². The number of fused-ring (bicyclic) bond motifs is 1. The number of hydrogen-bond acceptors (Lipinski definition) is 4. The maximum Gasteiger partial charge on any atom is 0.273 e. The highest BCUT2D eigenvalue weighted by Gasteiger charge is 2.42. The quantitative estimate of drug-likeness (QED) is 0.453. The summed E-state index contributed by atoms with van der Waals surface area (Å²) in [6, 6.07) is 14.7. The lowest BCUT2D eigenvalue weighted by Crippen LogP contribution is -2.29. The molecule has 0 aliphatic carbocycles. The molecule has 0 bridgehead atoms. The highest BCUT2D eigenvalue weighted by molar-refractivity contribution is 6.30. The molecule has 6 nitrogen and oxygen atoms in total. The normalized spacial score (nSPS) is 15.3. The summed E-state index contributed by atoms with van der Waals surface area (Å²) in [6.45, 7) is 4.22. The second-order valence-corrected chi connectivity index (χ2v) is 8.52. The third-order valence-electron chi connectivity index (χ3n) is 5.83. The van der Waals surface area contributed by atoms with E-state index in [1.54, 1.807) is 17.3 Å². The minimum atomic E-state index is -0.385. The highest BCUT2D eigenvalue weighted by Crippen LogP contribution is 2.45. The van der Waals surface area contributed by atoms with Crippen LogP contribution in [0.3, 0.4) is 0 Å². The Morgan fingerprint density at radius 1 is 1.16 bits per heavy atom. The van der Waals surface area contributed by atoms with Crippen LogP contribution in [-0.4, -0.2) is 31.1 Å². The van der Waals surface area contributed by atoms with Crippen molar-refractivity contribution in [1.29, 1.82) is 0 Å². The van der Waals surface area contributed by atoms with Crippen LogP contribution in [0.4, 0.5) is 0 Å². The van der Waals surface area contributed by atoms with Crippen LogP contribution in [-0.2, 0) is 6.54 Å². The van der Waals surface area contributed by atoms with E-state index in [0.29, 0.717) is 28.5 Å². The Labute approximate surface area is 190 Å². The first-order valence-corrected chi connectivity index (χ1v) is 10.7. The Hall–Kier alpha value is -3.64. The van der Waals surface area contributed by atoms with Crippen molar-refractivity contribution in [3.63, 3.8) is 0 Å². The number of phenolic OH excluding ortho intramolecular Hbond substituents is 1. The van der Waals surface area contributed by atoms with Gasteiger partial charge >= 0.3 is 0 Å². The van der Waals surface area contributed by atoms with Gasteiger partial charge in [-0.1, -0.05) is 35.9 Å². The summed E-state index contributed by atoms with van der Waals surface area (Å²) in [5.41, 5.74) is 5.97. The number of aromatic nitrogens is 3. The van der Waals surface area contributed by atoms with E-state index in [4.69, 9.17) is 11.6 Å². The van der Waals surface area contributed by atoms with Crippen molar-refractivity contribution in [2.24, 2.45) is 0 Å². The topological polar surface area (TPSA) is 82.1 Å². The van der Waals surface area contributed by atoms with E-state index in [-0.39, 0.29) is 17.7 Å². The third kappa shape index (κ3) is 3.33. The molecule has 7 heteroatoms. The van der Waals surface area contributed by atoms with Crippen LogP contribution < -0.4 is 0 Å². The fourth-order valence-corrected chi connectivity index (χ4v) is 4.51. The first kappa shape index (κ1) is 20.3. The molecule has 0 saturated carbocycles. The van der Waals surface area contributed by atoms with Gasteiger partial charge in [0.25, 0.3) is 5.91 Å². The molecule has 1 unspecified atom stereocenters. The van der Waals surface area contributed by atoms with Crippen molar-refractivity contribution in [2.45, 2.75) is 26.4 Å². The maximum absolute atomic E-state index is 13.5. The van der Waals surface area contributed by atoms with Crippen LogP contribution in [0.5, 0.6) is 5.75 Å². The molecule has 2 aromatic heterocycles. The van der Waals surface area contributed by atoms with Gasteiger partial charge in [0.1, 0.15) is 17.1 Å². The van der Waals surface area contributed by atoms with E-state index < -0.39 is 0 Å². The van der Waals surface area contributed by atoms with Gasteiger partial charge in [0.05, 0.1) is 6.04 Å². The molecule has 3 heterocycles. The first-order valence-electron chi connectivity index (χ1n) is 10.3. The van der Waals surface area contributed by atoms with E-state index in [0.717, 1.165) is 27.8 Å². The second kappa shape index (κ2) is 7.80. The monoisotopic (exact) mass is 444 g/mol. The van der Waals surface area contributed by atoms with Crippen LogP contribution >= 0.6 is 11.6 Å². The largest absolute Gasteiger partial charge is 0.507 e. The number of nitrogens with zero attached hydrogens (tertiary/aromatic N) is 3. The Morgan fingerprint density at radius 2 is 1.94 bits per heavy atom. The van der Waals surface area contributed by atoms with Crippen LogP contribution in [0.15, 0.2) is 60.9 Å². The first-order chi connectivity index (χ1) is 15.4. The fourth-order valence-electron chi connectivity index (χ4n) is 4.39. The molecule has 2 N–H and O–H groups in total. The number of benzene rings is 2. The molecule has 0 radical (unpaired) electrons. The number of carbonyl (C=O) groups is 1. The SMILES string of the molecule is Cc1cc(C)c(O)c(-c2n[nH]c3c2C(c2ccc(Cl)cc2)N(Cc2cccnc2)C3=O)c1. The van der Waals surface area contributed by atoms with Crippen molar-refractivity contribution in [2.75, 3.05) is 0 Å². The molecule has 4 aromatic rings. The van der Waals surface area contributed by atoms with Crippen LogP contribution in [0.1, 0.15) is 44.3 Å². The van der Waals surface area contributed by atoms with Gasteiger partial charge in [0.15, 0.2) is 0 Å². The Kier molecular flexibility index (Phi) is 4.94. The summed E-state index contributed by atoms with van der Waals surface area (Å²) in [4.78, 5) is 19.4. The predicted octanol–water partition coefficient (Wildman–Crippen LogP) is 5.19. The molecule has 160 valence electrons. The summed E-state index contributed by atoms with van der Waals surface area (Å²) < 4.78 is 0. The maximum atomic E-state index is 13.5. The Balaban J connectivity index is 1.69. The Morgan fingerprint density at radius 3 is 2.66 bits per heavy atom. The van der Waals surface area contributed by atoms with E-state index >= 15 is 0 Å². The molecule has 0 saturated heterocycles. The van der Waals surface area contributed by atoms with Gasteiger partial charge in [-0.2, -0.15) is 5.10 Å². The smallest absolute Gasteiger partial charge is 0.273 e. The standard InChI is InChI=1S/C25H21ClN4O2/c1-14-10-15(2)24(31)19(11-14)21-20-22(29-28-21)25(32)30(13-16-4-3-9-27-12-16)23(20)17-5-7-18(26)8-6-17/h3-12,23,31H,13H2,1-2H3,(H,28,29). The number of hydrogen-bond donors (Lipinski definition) is 2. The third-order valence-corrected chi connectivity index (χ3v) is 6.08. The van der Waals surface area contributed by atoms with Gasteiger partial charge in [-0.25, -0.2) is 0 Å². The summed E-state index contributed by atoms with van der Waals surface area (Å²) in [7, 11) is 0. The minimum Gasteiger partial charge on any atom is -0.507 e. The number of amides is 1. The number of pyridine rings is 1. The van der Waals surface area contributed by atoms with Crippen molar-refractivity contribution in [3.05, 3.63) is 99.5 Å². The summed E-state index contributed by atoms with van der Waals surface area (Å²) >= 11 is 6.13. The summed E-state index contributed by atoms with van der Waals surface area (Å²) in [5.74, 6) is 0.0179. The number of carbonyl (C=O) groups excluding carboxylic acids is 1. The van der Waals surface area contributed by atoms with E-state index in [1.165, 1.54) is 0 Å². The molecule has 1 aliphatic heterocycles. The zero-order chi connectivity index (χ0) is 22.4. The molecule has 1 aliphatic rings. The second-order valence-electron chi connectivity index (χ2n) is 8.09. The number of nitrogens with one attached hydrogen (secondary N) is 1. The molecule has 1 atom stereocenters. The highest BCUT2D eigenvalue weighted by atomic mass is 35.5. The summed E-state index contributed by atoms with van der Waals surface area (Å²) in [6.07, 6.45) is 3.47. The van der Waals surface area contributed by atoms with Gasteiger partial charge in [0.2, 0.25) is 0 Å². The van der Waals surface area contributed by atoms with Crippen LogP contribution in [0, 0.1) is 13.8 Å². The van der Waals surface area contributed by atoms with Gasteiger partial charge in [-0.3, -0.25) is 14.9 Å². The van der Waals surface area contributed by atoms with Crippen LogP contribution in [0.2, 0.25) is 5.02 Å². The van der Waals surface area contributed by atoms with Gasteiger partial charge in [-0.05, 0) is 60.4 Å². The lowest BCUT2D eigenvalue weighted by atomic mass is 9.94. The van der Waals surface area contributed by atoms with E-state index in [1.807, 2.05) is 62.4 Å². The zero-order valence-electron chi connectivity index (χ0n) is 17.6. The van der Waals surface area contributed by atoms with E-state index in [2.05, 4.69) is 15.2 Å². The molecular weight excluding hydrogens is 424 g/mol. The number of aromatic hydroxyl groups is 1. The average Bonchev–Trinajstić information content (AvgIpc) is 3.32. The molecular formula is C25H21ClN4O2. The minimum absolute atomic E-state index is 0.147. The predicted molar refractivity (Wildman–Crippen MR) is 123 cm³/mol. The van der Waals surface area contributed by atoms with Crippen molar-refractivity contribution >= 4 is 17.5 Å². The number of halogens is 1. The van der Waals surface area contributed by atoms with Gasteiger partial charge in [-0.15, -0.1) is 0 Å². The van der Waals surface area contributed by atoms with Crippen LogP contribution in [0.25, 0.3) is 11.3 Å². The van der Waals surface area contributed by atoms with Crippen molar-refractivity contribution < 1.29 is 9.90 Å². The number of rotatable bonds is 4. The van der Waals surface area contributed by atoms with E-state index in [9.17, 15) is 9.90 Å². The zero-order valence-corrected chi connectivity index (χ0v) is 18.4. The number of aryl methyl sites for hydroxylation is 2. The lowest BCUT2D eigenvalue weighted by Gasteiger charge is -2.26. The Bertz CT molecular complexity index is 1320. The average molecular weight is 445 g/mol.